The summed E-state index contributed by atoms with van der Waals surface area (Å²) < 4.78 is 0. The number of rotatable bonds is 7. The largest absolute Gasteiger partial charge is 0.343 e. The van der Waals surface area contributed by atoms with Crippen molar-refractivity contribution in [2.45, 2.75) is 45.6 Å². The highest BCUT2D eigenvalue weighted by Crippen LogP contribution is 2.05. The summed E-state index contributed by atoms with van der Waals surface area (Å²) in [5, 5.41) is 6.87. The summed E-state index contributed by atoms with van der Waals surface area (Å²) in [4.78, 5) is 13.6. The third-order valence-corrected chi connectivity index (χ3v) is 3.43. The Morgan fingerprint density at radius 1 is 1.35 bits per heavy atom. The minimum absolute atomic E-state index is 0.263. The molecule has 17 heavy (non-hydrogen) atoms. The number of hydrogen-bond acceptors (Lipinski definition) is 3. The molecular formula is C13H27N3O. The van der Waals surface area contributed by atoms with Crippen LogP contribution in [-0.2, 0) is 4.79 Å². The molecule has 1 heterocycles. The number of carbonyl (C=O) groups excluding carboxylic acids is 1. The summed E-state index contributed by atoms with van der Waals surface area (Å²) in [5.41, 5.74) is 0. The molecule has 1 saturated heterocycles. The molecule has 1 amide bonds. The van der Waals surface area contributed by atoms with Crippen molar-refractivity contribution >= 4 is 5.91 Å². The fraction of sp³-hybridized carbons (Fsp3) is 0.923. The highest BCUT2D eigenvalue weighted by molar-refractivity contribution is 5.76. The maximum absolute atomic E-state index is 11.7. The van der Waals surface area contributed by atoms with Crippen LogP contribution < -0.4 is 10.6 Å². The molecular weight excluding hydrogens is 214 g/mol. The topological polar surface area (TPSA) is 44.4 Å². The van der Waals surface area contributed by atoms with Crippen molar-refractivity contribution in [1.82, 2.24) is 15.5 Å². The molecule has 2 N–H and O–H groups in total. The van der Waals surface area contributed by atoms with E-state index in [0.29, 0.717) is 12.5 Å². The van der Waals surface area contributed by atoms with Crippen molar-refractivity contribution in [3.05, 3.63) is 0 Å². The van der Waals surface area contributed by atoms with Crippen molar-refractivity contribution in [3.8, 4) is 0 Å². The smallest absolute Gasteiger partial charge is 0.223 e. The van der Waals surface area contributed by atoms with Crippen LogP contribution in [0.5, 0.6) is 0 Å². The normalized spacial score (nSPS) is 20.2. The summed E-state index contributed by atoms with van der Waals surface area (Å²) in [7, 11) is 0. The average Bonchev–Trinajstić information content (AvgIpc) is 2.37. The maximum atomic E-state index is 11.7. The molecule has 1 rings (SSSR count). The Kier molecular flexibility index (Phi) is 7.21. The molecule has 4 nitrogen and oxygen atoms in total. The SMILES string of the molecule is CCN(CC)C(=O)CCNCC1CCCCN1. The van der Waals surface area contributed by atoms with Gasteiger partial charge < -0.3 is 15.5 Å². The van der Waals surface area contributed by atoms with Crippen molar-refractivity contribution < 1.29 is 4.79 Å². The van der Waals surface area contributed by atoms with Gasteiger partial charge in [-0.3, -0.25) is 4.79 Å². The molecule has 0 aromatic carbocycles. The lowest BCUT2D eigenvalue weighted by Gasteiger charge is -2.24. The Balaban J connectivity index is 2.04. The van der Waals surface area contributed by atoms with Crippen LogP contribution in [0.1, 0.15) is 39.5 Å². The Morgan fingerprint density at radius 3 is 2.71 bits per heavy atom. The molecule has 0 aliphatic carbocycles. The minimum atomic E-state index is 0.263. The predicted molar refractivity (Wildman–Crippen MR) is 71.1 cm³/mol. The van der Waals surface area contributed by atoms with Gasteiger partial charge in [0.05, 0.1) is 0 Å². The first kappa shape index (κ1) is 14.5. The Bertz CT molecular complexity index is 211. The third-order valence-electron chi connectivity index (χ3n) is 3.43. The molecule has 1 atom stereocenters. The molecule has 0 radical (unpaired) electrons. The molecule has 1 fully saturated rings. The van der Waals surface area contributed by atoms with Crippen molar-refractivity contribution in [2.24, 2.45) is 0 Å². The average molecular weight is 241 g/mol. The van der Waals surface area contributed by atoms with Gasteiger partial charge in [-0.05, 0) is 33.2 Å². The van der Waals surface area contributed by atoms with E-state index >= 15 is 0 Å². The van der Waals surface area contributed by atoms with Crippen molar-refractivity contribution in [2.75, 3.05) is 32.7 Å². The summed E-state index contributed by atoms with van der Waals surface area (Å²) in [6.07, 6.45) is 4.51. The monoisotopic (exact) mass is 241 g/mol. The molecule has 0 spiro atoms. The number of nitrogens with one attached hydrogen (secondary N) is 2. The first-order valence-corrected chi connectivity index (χ1v) is 6.99. The molecule has 1 aliphatic heterocycles. The predicted octanol–water partition coefficient (Wildman–Crippen LogP) is 0.977. The number of nitrogens with zero attached hydrogens (tertiary/aromatic N) is 1. The van der Waals surface area contributed by atoms with Gasteiger partial charge in [-0.2, -0.15) is 0 Å². The van der Waals surface area contributed by atoms with Crippen LogP contribution in [0, 0.1) is 0 Å². The van der Waals surface area contributed by atoms with E-state index in [-0.39, 0.29) is 5.91 Å². The summed E-state index contributed by atoms with van der Waals surface area (Å²) in [6.45, 7) is 8.63. The summed E-state index contributed by atoms with van der Waals surface area (Å²) in [5.74, 6) is 0.263. The molecule has 100 valence electrons. The fourth-order valence-electron chi connectivity index (χ4n) is 2.30. The van der Waals surface area contributed by atoms with Crippen LogP contribution in [0.25, 0.3) is 0 Å². The van der Waals surface area contributed by atoms with E-state index in [1.165, 1.54) is 19.3 Å². The highest BCUT2D eigenvalue weighted by atomic mass is 16.2. The van der Waals surface area contributed by atoms with Crippen molar-refractivity contribution in [1.29, 1.82) is 0 Å². The molecule has 0 aromatic rings. The molecule has 1 aliphatic rings. The second-order valence-corrected chi connectivity index (χ2v) is 4.67. The standard InChI is InChI=1S/C13H27N3O/c1-3-16(4-2)13(17)8-10-14-11-12-7-5-6-9-15-12/h12,14-15H,3-11H2,1-2H3. The van der Waals surface area contributed by atoms with Crippen molar-refractivity contribution in [3.63, 3.8) is 0 Å². The van der Waals surface area contributed by atoms with Gasteiger partial charge in [0, 0.05) is 38.6 Å². The number of carbonyl (C=O) groups is 1. The van der Waals surface area contributed by atoms with Gasteiger partial charge in [0.15, 0.2) is 0 Å². The molecule has 0 saturated carbocycles. The maximum Gasteiger partial charge on any atom is 0.223 e. The van der Waals surface area contributed by atoms with Crippen LogP contribution in [0.2, 0.25) is 0 Å². The van der Waals surface area contributed by atoms with Gasteiger partial charge in [0.2, 0.25) is 5.91 Å². The molecule has 0 bridgehead atoms. The van der Waals surface area contributed by atoms with E-state index in [0.717, 1.165) is 32.7 Å². The fourth-order valence-corrected chi connectivity index (χ4v) is 2.30. The third kappa shape index (κ3) is 5.50. The van der Waals surface area contributed by atoms with Gasteiger partial charge in [-0.1, -0.05) is 6.42 Å². The molecule has 0 aromatic heterocycles. The lowest BCUT2D eigenvalue weighted by atomic mass is 10.1. The van der Waals surface area contributed by atoms with E-state index in [2.05, 4.69) is 10.6 Å². The number of piperidine rings is 1. The first-order chi connectivity index (χ1) is 8.27. The lowest BCUT2D eigenvalue weighted by Crippen LogP contribution is -2.42. The summed E-state index contributed by atoms with van der Waals surface area (Å²) in [6, 6.07) is 0.604. The minimum Gasteiger partial charge on any atom is -0.343 e. The van der Waals surface area contributed by atoms with E-state index in [9.17, 15) is 4.79 Å². The Morgan fingerprint density at radius 2 is 2.12 bits per heavy atom. The van der Waals surface area contributed by atoms with Gasteiger partial charge in [-0.15, -0.1) is 0 Å². The number of hydrogen-bond donors (Lipinski definition) is 2. The number of amides is 1. The van der Waals surface area contributed by atoms with E-state index < -0.39 is 0 Å². The Hall–Kier alpha value is -0.610. The Labute approximate surface area is 105 Å². The van der Waals surface area contributed by atoms with Crippen LogP contribution >= 0.6 is 0 Å². The van der Waals surface area contributed by atoms with E-state index in [1.54, 1.807) is 0 Å². The zero-order valence-electron chi connectivity index (χ0n) is 11.3. The first-order valence-electron chi connectivity index (χ1n) is 6.99. The second-order valence-electron chi connectivity index (χ2n) is 4.67. The van der Waals surface area contributed by atoms with E-state index in [4.69, 9.17) is 0 Å². The molecule has 1 unspecified atom stereocenters. The van der Waals surface area contributed by atoms with Gasteiger partial charge in [-0.25, -0.2) is 0 Å². The van der Waals surface area contributed by atoms with Gasteiger partial charge >= 0.3 is 0 Å². The second kappa shape index (κ2) is 8.48. The summed E-state index contributed by atoms with van der Waals surface area (Å²) >= 11 is 0. The highest BCUT2D eigenvalue weighted by Gasteiger charge is 2.12. The van der Waals surface area contributed by atoms with Gasteiger partial charge in [0.1, 0.15) is 0 Å². The van der Waals surface area contributed by atoms with Crippen LogP contribution in [0.3, 0.4) is 0 Å². The zero-order valence-corrected chi connectivity index (χ0v) is 11.3. The lowest BCUT2D eigenvalue weighted by molar-refractivity contribution is -0.130. The van der Waals surface area contributed by atoms with E-state index in [1.807, 2.05) is 18.7 Å². The van der Waals surface area contributed by atoms with Crippen LogP contribution in [0.15, 0.2) is 0 Å². The quantitative estimate of drug-likeness (QED) is 0.653. The van der Waals surface area contributed by atoms with Crippen LogP contribution in [0.4, 0.5) is 0 Å². The van der Waals surface area contributed by atoms with Gasteiger partial charge in [0.25, 0.3) is 0 Å². The zero-order chi connectivity index (χ0) is 12.5. The molecule has 4 heteroatoms. The van der Waals surface area contributed by atoms with Crippen LogP contribution in [-0.4, -0.2) is 49.6 Å².